The third kappa shape index (κ3) is 3.75. The predicted octanol–water partition coefficient (Wildman–Crippen LogP) is 3.69. The van der Waals surface area contributed by atoms with Crippen LogP contribution in [0.15, 0.2) is 24.3 Å². The summed E-state index contributed by atoms with van der Waals surface area (Å²) in [5.74, 6) is 0.912. The zero-order valence-electron chi connectivity index (χ0n) is 12.2. The maximum absolute atomic E-state index is 6.13. The molecular weight excluding hydrogens is 268 g/mol. The summed E-state index contributed by atoms with van der Waals surface area (Å²) >= 11 is 6.13. The lowest BCUT2D eigenvalue weighted by atomic mass is 10.0. The first-order chi connectivity index (χ1) is 9.81. The smallest absolute Gasteiger partial charge is 0.0409 e. The highest BCUT2D eigenvalue weighted by Crippen LogP contribution is 2.27. The monoisotopic (exact) mass is 292 g/mol. The summed E-state index contributed by atoms with van der Waals surface area (Å²) < 4.78 is 0. The Bertz CT molecular complexity index is 423. The molecule has 1 aliphatic carbocycles. The molecule has 1 saturated heterocycles. The number of benzene rings is 1. The third-order valence-electron chi connectivity index (χ3n) is 4.79. The van der Waals surface area contributed by atoms with Crippen LogP contribution in [0.4, 0.5) is 0 Å². The average Bonchev–Trinajstić information content (AvgIpc) is 3.11. The van der Waals surface area contributed by atoms with E-state index in [-0.39, 0.29) is 0 Å². The van der Waals surface area contributed by atoms with Gasteiger partial charge in [-0.15, -0.1) is 0 Å². The first kappa shape index (κ1) is 14.4. The van der Waals surface area contributed by atoms with Gasteiger partial charge in [0.15, 0.2) is 0 Å². The second-order valence-electron chi connectivity index (χ2n) is 6.36. The molecule has 110 valence electrons. The van der Waals surface area contributed by atoms with Crippen molar-refractivity contribution in [2.24, 2.45) is 5.92 Å². The van der Waals surface area contributed by atoms with Crippen molar-refractivity contribution >= 4 is 11.6 Å². The van der Waals surface area contributed by atoms with Gasteiger partial charge in [-0.3, -0.25) is 4.90 Å². The number of nitrogens with zero attached hydrogens (tertiary/aromatic N) is 1. The van der Waals surface area contributed by atoms with Gasteiger partial charge >= 0.3 is 0 Å². The molecule has 0 radical (unpaired) electrons. The molecule has 0 amide bonds. The van der Waals surface area contributed by atoms with Crippen molar-refractivity contribution in [3.63, 3.8) is 0 Å². The van der Waals surface area contributed by atoms with Crippen LogP contribution in [0.25, 0.3) is 0 Å². The number of nitrogens with one attached hydrogen (secondary N) is 1. The van der Waals surface area contributed by atoms with E-state index in [1.807, 2.05) is 6.07 Å². The van der Waals surface area contributed by atoms with Gasteiger partial charge in [-0.2, -0.15) is 0 Å². The fourth-order valence-corrected chi connectivity index (χ4v) is 3.90. The van der Waals surface area contributed by atoms with E-state index in [2.05, 4.69) is 28.4 Å². The van der Waals surface area contributed by atoms with Crippen LogP contribution >= 0.6 is 11.6 Å². The Kier molecular flexibility index (Phi) is 4.98. The fraction of sp³-hybridized carbons (Fsp3) is 0.647. The lowest BCUT2D eigenvalue weighted by Crippen LogP contribution is -2.39. The quantitative estimate of drug-likeness (QED) is 0.890. The van der Waals surface area contributed by atoms with Gasteiger partial charge in [-0.05, 0) is 49.4 Å². The lowest BCUT2D eigenvalue weighted by Gasteiger charge is -2.31. The van der Waals surface area contributed by atoms with Gasteiger partial charge in [0.2, 0.25) is 0 Å². The average molecular weight is 293 g/mol. The van der Waals surface area contributed by atoms with Crippen molar-refractivity contribution < 1.29 is 0 Å². The van der Waals surface area contributed by atoms with E-state index in [0.717, 1.165) is 24.0 Å². The largest absolute Gasteiger partial charge is 0.315 e. The molecule has 1 aliphatic heterocycles. The number of hydrogen-bond donors (Lipinski definition) is 1. The van der Waals surface area contributed by atoms with E-state index < -0.39 is 0 Å². The Morgan fingerprint density at radius 2 is 2.05 bits per heavy atom. The van der Waals surface area contributed by atoms with Crippen molar-refractivity contribution in [2.45, 2.75) is 44.7 Å². The molecule has 1 atom stereocenters. The molecule has 3 rings (SSSR count). The minimum Gasteiger partial charge on any atom is -0.315 e. The highest BCUT2D eigenvalue weighted by molar-refractivity contribution is 6.30. The van der Waals surface area contributed by atoms with Crippen LogP contribution in [0.3, 0.4) is 0 Å². The Hall–Kier alpha value is -0.570. The molecule has 3 heteroatoms. The SMILES string of the molecule is Clc1cccc(CN(CC2CCCC2)[C@H]2CCNC2)c1. The van der Waals surface area contributed by atoms with E-state index in [1.54, 1.807) is 0 Å². The topological polar surface area (TPSA) is 15.3 Å². The van der Waals surface area contributed by atoms with Crippen molar-refractivity contribution in [3.05, 3.63) is 34.9 Å². The van der Waals surface area contributed by atoms with Gasteiger partial charge in [0.25, 0.3) is 0 Å². The molecule has 2 nitrogen and oxygen atoms in total. The maximum Gasteiger partial charge on any atom is 0.0409 e. The number of rotatable bonds is 5. The summed E-state index contributed by atoms with van der Waals surface area (Å²) in [6.45, 7) is 4.62. The summed E-state index contributed by atoms with van der Waals surface area (Å²) in [7, 11) is 0. The van der Waals surface area contributed by atoms with E-state index in [4.69, 9.17) is 11.6 Å². The van der Waals surface area contributed by atoms with Crippen LogP contribution in [0.5, 0.6) is 0 Å². The van der Waals surface area contributed by atoms with E-state index >= 15 is 0 Å². The van der Waals surface area contributed by atoms with E-state index in [1.165, 1.54) is 50.8 Å². The van der Waals surface area contributed by atoms with E-state index in [9.17, 15) is 0 Å². The standard InChI is InChI=1S/C17H25ClN2/c18-16-7-3-6-15(10-16)13-20(17-8-9-19-11-17)12-14-4-1-2-5-14/h3,6-7,10,14,17,19H,1-2,4-5,8-9,11-13H2/t17-/m0/s1. The fourth-order valence-electron chi connectivity index (χ4n) is 3.69. The van der Waals surface area contributed by atoms with Crippen molar-refractivity contribution in [1.29, 1.82) is 0 Å². The predicted molar refractivity (Wildman–Crippen MR) is 85.1 cm³/mol. The van der Waals surface area contributed by atoms with Crippen LogP contribution in [-0.2, 0) is 6.54 Å². The molecule has 1 aromatic carbocycles. The van der Waals surface area contributed by atoms with Gasteiger partial charge in [0.05, 0.1) is 0 Å². The van der Waals surface area contributed by atoms with E-state index in [0.29, 0.717) is 6.04 Å². The highest BCUT2D eigenvalue weighted by atomic mass is 35.5. The van der Waals surface area contributed by atoms with Gasteiger partial charge in [-0.25, -0.2) is 0 Å². The van der Waals surface area contributed by atoms with Crippen molar-refractivity contribution in [1.82, 2.24) is 10.2 Å². The van der Waals surface area contributed by atoms with Crippen LogP contribution < -0.4 is 5.32 Å². The van der Waals surface area contributed by atoms with Gasteiger partial charge in [-0.1, -0.05) is 36.6 Å². The highest BCUT2D eigenvalue weighted by Gasteiger charge is 2.26. The summed E-state index contributed by atoms with van der Waals surface area (Å²) in [4.78, 5) is 2.70. The molecule has 1 N–H and O–H groups in total. The number of halogens is 1. The zero-order chi connectivity index (χ0) is 13.8. The third-order valence-corrected chi connectivity index (χ3v) is 5.03. The van der Waals surface area contributed by atoms with Crippen molar-refractivity contribution in [3.8, 4) is 0 Å². The molecule has 0 bridgehead atoms. The van der Waals surface area contributed by atoms with Gasteiger partial charge in [0.1, 0.15) is 0 Å². The normalized spacial score (nSPS) is 23.8. The minimum absolute atomic E-state index is 0.703. The van der Waals surface area contributed by atoms with Crippen molar-refractivity contribution in [2.75, 3.05) is 19.6 Å². The summed E-state index contributed by atoms with van der Waals surface area (Å²) in [5.41, 5.74) is 1.35. The Morgan fingerprint density at radius 3 is 2.75 bits per heavy atom. The van der Waals surface area contributed by atoms with Crippen LogP contribution in [0.1, 0.15) is 37.7 Å². The lowest BCUT2D eigenvalue weighted by molar-refractivity contribution is 0.168. The molecule has 1 heterocycles. The summed E-state index contributed by atoms with van der Waals surface area (Å²) in [5, 5.41) is 4.36. The molecule has 2 fully saturated rings. The molecule has 1 aromatic rings. The van der Waals surface area contributed by atoms with Gasteiger partial charge < -0.3 is 5.32 Å². The van der Waals surface area contributed by atoms with Crippen LogP contribution in [0, 0.1) is 5.92 Å². The van der Waals surface area contributed by atoms with Crippen LogP contribution in [0.2, 0.25) is 5.02 Å². The summed E-state index contributed by atoms with van der Waals surface area (Å²) in [6.07, 6.45) is 6.99. The molecule has 1 saturated carbocycles. The molecule has 2 aliphatic rings. The molecule has 20 heavy (non-hydrogen) atoms. The Labute approximate surface area is 127 Å². The van der Waals surface area contributed by atoms with Gasteiger partial charge in [0, 0.05) is 30.7 Å². The molecular formula is C17H25ClN2. The minimum atomic E-state index is 0.703. The Balaban J connectivity index is 1.67. The maximum atomic E-state index is 6.13. The second kappa shape index (κ2) is 6.93. The first-order valence-corrected chi connectivity index (χ1v) is 8.38. The first-order valence-electron chi connectivity index (χ1n) is 8.00. The van der Waals surface area contributed by atoms with Crippen LogP contribution in [-0.4, -0.2) is 30.6 Å². The molecule has 0 aromatic heterocycles. The zero-order valence-corrected chi connectivity index (χ0v) is 12.9. The molecule has 0 unspecified atom stereocenters. The number of hydrogen-bond acceptors (Lipinski definition) is 2. The second-order valence-corrected chi connectivity index (χ2v) is 6.79. The molecule has 0 spiro atoms. The summed E-state index contributed by atoms with van der Waals surface area (Å²) in [6, 6.07) is 9.05. The Morgan fingerprint density at radius 1 is 1.20 bits per heavy atom.